The minimum absolute atomic E-state index is 0.109. The number of Topliss-reactive ketones (excluding diaryl/α,β-unsaturated/α-hetero) is 1. The fourth-order valence-corrected chi connectivity index (χ4v) is 1.22. The van der Waals surface area contributed by atoms with Crippen molar-refractivity contribution in [2.75, 3.05) is 0 Å². The van der Waals surface area contributed by atoms with Crippen LogP contribution >= 0.6 is 0 Å². The maximum absolute atomic E-state index is 11.2. The van der Waals surface area contributed by atoms with Gasteiger partial charge in [0.25, 0.3) is 5.78 Å². The average molecular weight is 190 g/mol. The third-order valence-corrected chi connectivity index (χ3v) is 1.87. The molecule has 70 valence electrons. The smallest absolute Gasteiger partial charge is 0.377 e. The van der Waals surface area contributed by atoms with Gasteiger partial charge in [-0.3, -0.25) is 4.79 Å². The molecule has 2 rings (SSSR count). The molecule has 0 radical (unpaired) electrons. The van der Waals surface area contributed by atoms with Gasteiger partial charge in [0.1, 0.15) is 0 Å². The van der Waals surface area contributed by atoms with Crippen LogP contribution in [-0.4, -0.2) is 26.5 Å². The summed E-state index contributed by atoms with van der Waals surface area (Å²) in [5, 5.41) is 12.4. The Bertz CT molecular complexity index is 516. The van der Waals surface area contributed by atoms with Crippen LogP contribution in [0.3, 0.4) is 0 Å². The zero-order valence-corrected chi connectivity index (χ0v) is 7.04. The number of aliphatic carboxylic acids is 1. The van der Waals surface area contributed by atoms with Crippen molar-refractivity contribution >= 4 is 17.3 Å². The van der Waals surface area contributed by atoms with Gasteiger partial charge in [0.05, 0.1) is 17.3 Å². The Kier molecular flexibility index (Phi) is 1.78. The van der Waals surface area contributed by atoms with Gasteiger partial charge < -0.3 is 5.11 Å². The molecule has 5 heteroatoms. The topological polar surface area (TPSA) is 71.7 Å². The van der Waals surface area contributed by atoms with E-state index in [0.717, 1.165) is 0 Å². The second-order valence-electron chi connectivity index (χ2n) is 2.72. The van der Waals surface area contributed by atoms with Gasteiger partial charge in [-0.15, -0.1) is 0 Å². The summed E-state index contributed by atoms with van der Waals surface area (Å²) in [6.07, 6.45) is 2.90. The first-order valence-electron chi connectivity index (χ1n) is 3.90. The monoisotopic (exact) mass is 190 g/mol. The molecule has 0 atom stereocenters. The van der Waals surface area contributed by atoms with Crippen molar-refractivity contribution in [3.63, 3.8) is 0 Å². The second-order valence-corrected chi connectivity index (χ2v) is 2.72. The van der Waals surface area contributed by atoms with Crippen LogP contribution in [0, 0.1) is 0 Å². The van der Waals surface area contributed by atoms with Crippen LogP contribution in [0.4, 0.5) is 0 Å². The first-order chi connectivity index (χ1) is 6.70. The van der Waals surface area contributed by atoms with Crippen molar-refractivity contribution in [1.29, 1.82) is 0 Å². The highest BCUT2D eigenvalue weighted by atomic mass is 16.4. The van der Waals surface area contributed by atoms with Crippen LogP contribution in [0.5, 0.6) is 0 Å². The quantitative estimate of drug-likeness (QED) is 0.556. The molecule has 0 bridgehead atoms. The van der Waals surface area contributed by atoms with Crippen LogP contribution in [-0.2, 0) is 4.79 Å². The number of nitrogens with zero attached hydrogens (tertiary/aromatic N) is 2. The zero-order valence-electron chi connectivity index (χ0n) is 7.04. The van der Waals surface area contributed by atoms with Crippen molar-refractivity contribution in [3.8, 4) is 0 Å². The molecule has 0 aliphatic carbocycles. The number of aromatic nitrogens is 2. The van der Waals surface area contributed by atoms with E-state index in [2.05, 4.69) is 5.10 Å². The highest BCUT2D eigenvalue weighted by Gasteiger charge is 2.18. The van der Waals surface area contributed by atoms with Gasteiger partial charge in [-0.1, -0.05) is 6.07 Å². The molecule has 2 heterocycles. The molecular formula is C9H6N2O3. The molecule has 1 N–H and O–H groups in total. The Morgan fingerprint density at radius 2 is 2.14 bits per heavy atom. The van der Waals surface area contributed by atoms with E-state index in [-0.39, 0.29) is 5.56 Å². The summed E-state index contributed by atoms with van der Waals surface area (Å²) in [4.78, 5) is 21.6. The SMILES string of the molecule is O=C(O)C(=O)c1cnn2ccccc12. The molecule has 0 aromatic carbocycles. The van der Waals surface area contributed by atoms with Crippen LogP contribution in [0.2, 0.25) is 0 Å². The normalized spacial score (nSPS) is 10.3. The molecule has 0 amide bonds. The summed E-state index contributed by atoms with van der Waals surface area (Å²) in [6, 6.07) is 5.11. The number of pyridine rings is 1. The van der Waals surface area contributed by atoms with E-state index in [1.54, 1.807) is 24.4 Å². The summed E-state index contributed by atoms with van der Waals surface area (Å²) in [7, 11) is 0. The molecular weight excluding hydrogens is 184 g/mol. The molecule has 14 heavy (non-hydrogen) atoms. The summed E-state index contributed by atoms with van der Waals surface area (Å²) < 4.78 is 1.45. The highest BCUT2D eigenvalue weighted by molar-refractivity contribution is 6.41. The van der Waals surface area contributed by atoms with Crippen molar-refractivity contribution in [2.24, 2.45) is 0 Å². The third kappa shape index (κ3) is 1.15. The molecule has 0 aliphatic rings. The lowest BCUT2D eigenvalue weighted by atomic mass is 10.2. The maximum Gasteiger partial charge on any atom is 0.377 e. The number of carboxylic acids is 1. The van der Waals surface area contributed by atoms with E-state index in [0.29, 0.717) is 5.52 Å². The summed E-state index contributed by atoms with van der Waals surface area (Å²) in [5.41, 5.74) is 0.609. The lowest BCUT2D eigenvalue weighted by Crippen LogP contribution is -2.12. The number of hydrogen-bond donors (Lipinski definition) is 1. The lowest BCUT2D eigenvalue weighted by Gasteiger charge is -1.93. The van der Waals surface area contributed by atoms with E-state index >= 15 is 0 Å². The number of carbonyl (C=O) groups excluding carboxylic acids is 1. The summed E-state index contributed by atoms with van der Waals surface area (Å²) in [6.45, 7) is 0. The minimum atomic E-state index is -1.47. The molecule has 0 fully saturated rings. The van der Waals surface area contributed by atoms with Crippen molar-refractivity contribution in [1.82, 2.24) is 9.61 Å². The minimum Gasteiger partial charge on any atom is -0.475 e. The Morgan fingerprint density at radius 3 is 2.86 bits per heavy atom. The van der Waals surface area contributed by atoms with E-state index < -0.39 is 11.8 Å². The molecule has 0 aliphatic heterocycles. The van der Waals surface area contributed by atoms with Crippen molar-refractivity contribution < 1.29 is 14.7 Å². The maximum atomic E-state index is 11.2. The Balaban J connectivity index is 2.64. The average Bonchev–Trinajstić information content (AvgIpc) is 2.60. The van der Waals surface area contributed by atoms with Crippen molar-refractivity contribution in [2.45, 2.75) is 0 Å². The molecule has 0 spiro atoms. The summed E-state index contributed by atoms with van der Waals surface area (Å²) >= 11 is 0. The standard InChI is InChI=1S/C9H6N2O3/c12-8(9(13)14)6-5-10-11-4-2-1-3-7(6)11/h1-5H,(H,13,14). The van der Waals surface area contributed by atoms with E-state index in [1.807, 2.05) is 0 Å². The number of carbonyl (C=O) groups is 2. The van der Waals surface area contributed by atoms with E-state index in [1.165, 1.54) is 10.7 Å². The number of fused-ring (bicyclic) bond motifs is 1. The van der Waals surface area contributed by atoms with Crippen LogP contribution in [0.25, 0.3) is 5.52 Å². The largest absolute Gasteiger partial charge is 0.475 e. The number of ketones is 1. The van der Waals surface area contributed by atoms with Gasteiger partial charge in [0.15, 0.2) is 0 Å². The van der Waals surface area contributed by atoms with Crippen LogP contribution < -0.4 is 0 Å². The van der Waals surface area contributed by atoms with Crippen LogP contribution in [0.1, 0.15) is 10.4 Å². The summed E-state index contributed by atoms with van der Waals surface area (Å²) in [5.74, 6) is -2.41. The molecule has 0 saturated heterocycles. The predicted octanol–water partition coefficient (Wildman–Crippen LogP) is 0.602. The Labute approximate surface area is 78.6 Å². The van der Waals surface area contributed by atoms with E-state index in [9.17, 15) is 9.59 Å². The highest BCUT2D eigenvalue weighted by Crippen LogP contribution is 2.10. The molecule has 2 aromatic heterocycles. The van der Waals surface area contributed by atoms with Gasteiger partial charge >= 0.3 is 5.97 Å². The third-order valence-electron chi connectivity index (χ3n) is 1.87. The zero-order chi connectivity index (χ0) is 10.1. The van der Waals surface area contributed by atoms with Gasteiger partial charge in [0, 0.05) is 6.20 Å². The van der Waals surface area contributed by atoms with Gasteiger partial charge in [0.2, 0.25) is 0 Å². The number of rotatable bonds is 2. The van der Waals surface area contributed by atoms with Crippen molar-refractivity contribution in [3.05, 3.63) is 36.2 Å². The van der Waals surface area contributed by atoms with Crippen LogP contribution in [0.15, 0.2) is 30.6 Å². The number of carboxylic acid groups (broad SMARTS) is 1. The second kappa shape index (κ2) is 2.95. The van der Waals surface area contributed by atoms with Gasteiger partial charge in [-0.25, -0.2) is 9.31 Å². The Hall–Kier alpha value is -2.17. The molecule has 0 saturated carbocycles. The Morgan fingerprint density at radius 1 is 1.36 bits per heavy atom. The fraction of sp³-hybridized carbons (Fsp3) is 0. The molecule has 2 aromatic rings. The fourth-order valence-electron chi connectivity index (χ4n) is 1.22. The lowest BCUT2D eigenvalue weighted by molar-refractivity contribution is -0.131. The first-order valence-corrected chi connectivity index (χ1v) is 3.90. The predicted molar refractivity (Wildman–Crippen MR) is 47.2 cm³/mol. The van der Waals surface area contributed by atoms with Gasteiger partial charge in [-0.05, 0) is 12.1 Å². The first kappa shape index (κ1) is 8.43. The van der Waals surface area contributed by atoms with Gasteiger partial charge in [-0.2, -0.15) is 5.10 Å². The molecule has 0 unspecified atom stereocenters. The number of hydrogen-bond acceptors (Lipinski definition) is 3. The molecule has 5 nitrogen and oxygen atoms in total. The van der Waals surface area contributed by atoms with E-state index in [4.69, 9.17) is 5.11 Å².